The van der Waals surface area contributed by atoms with Crippen LogP contribution in [0.2, 0.25) is 5.02 Å². The van der Waals surface area contributed by atoms with Gasteiger partial charge in [-0.25, -0.2) is 0 Å². The number of nitrogens with zero attached hydrogens (tertiary/aromatic N) is 1. The number of aliphatic hydroxyl groups excluding tert-OH is 1. The quantitative estimate of drug-likeness (QED) is 0.816. The van der Waals surface area contributed by atoms with Crippen LogP contribution in [0.1, 0.15) is 30.4 Å². The molecule has 1 aromatic carbocycles. The Morgan fingerprint density at radius 3 is 2.94 bits per heavy atom. The van der Waals surface area contributed by atoms with Crippen LogP contribution in [0.15, 0.2) is 18.2 Å². The molecular weight excluding hydrogens is 234 g/mol. The van der Waals surface area contributed by atoms with Gasteiger partial charge in [-0.2, -0.15) is 0 Å². The van der Waals surface area contributed by atoms with E-state index in [-0.39, 0.29) is 0 Å². The second-order valence-electron chi connectivity index (χ2n) is 4.69. The van der Waals surface area contributed by atoms with Crippen LogP contribution in [0.5, 0.6) is 0 Å². The van der Waals surface area contributed by atoms with Gasteiger partial charge < -0.3 is 5.11 Å². The molecule has 1 N–H and O–H groups in total. The lowest BCUT2D eigenvalue weighted by molar-refractivity contribution is 0.239. The molecule has 1 aliphatic rings. The predicted molar refractivity (Wildman–Crippen MR) is 71.4 cm³/mol. The smallest absolute Gasteiger partial charge is 0.0441 e. The summed E-state index contributed by atoms with van der Waals surface area (Å²) in [6.45, 7) is 3.58. The molecular formula is C14H20ClNO. The number of rotatable bonds is 5. The first kappa shape index (κ1) is 12.9. The molecule has 0 spiro atoms. The van der Waals surface area contributed by atoms with E-state index in [1.165, 1.54) is 17.5 Å². The van der Waals surface area contributed by atoms with Gasteiger partial charge in [0.2, 0.25) is 0 Å². The number of fused-ring (bicyclic) bond motifs is 1. The molecule has 2 rings (SSSR count). The number of unbranched alkanes of at least 4 members (excludes halogenated alkanes) is 2. The highest BCUT2D eigenvalue weighted by Gasteiger charge is 2.17. The van der Waals surface area contributed by atoms with Gasteiger partial charge in [-0.05, 0) is 49.4 Å². The number of hydrogen-bond donors (Lipinski definition) is 1. The van der Waals surface area contributed by atoms with Crippen LogP contribution in [0.3, 0.4) is 0 Å². The summed E-state index contributed by atoms with van der Waals surface area (Å²) in [5.41, 5.74) is 2.71. The molecule has 94 valence electrons. The van der Waals surface area contributed by atoms with Crippen molar-refractivity contribution in [1.82, 2.24) is 4.90 Å². The van der Waals surface area contributed by atoms with E-state index in [0.29, 0.717) is 6.61 Å². The average molecular weight is 254 g/mol. The third-order valence-corrected chi connectivity index (χ3v) is 3.77. The molecule has 0 saturated carbocycles. The first-order valence-corrected chi connectivity index (χ1v) is 6.78. The van der Waals surface area contributed by atoms with E-state index in [2.05, 4.69) is 11.0 Å². The van der Waals surface area contributed by atoms with Crippen molar-refractivity contribution in [3.63, 3.8) is 0 Å². The van der Waals surface area contributed by atoms with Crippen LogP contribution in [-0.4, -0.2) is 29.7 Å². The minimum absolute atomic E-state index is 0.318. The molecule has 0 saturated heterocycles. The molecule has 2 nitrogen and oxygen atoms in total. The summed E-state index contributed by atoms with van der Waals surface area (Å²) in [5, 5.41) is 9.65. The van der Waals surface area contributed by atoms with Crippen molar-refractivity contribution in [3.05, 3.63) is 34.3 Å². The molecule has 0 aromatic heterocycles. The zero-order chi connectivity index (χ0) is 12.1. The van der Waals surface area contributed by atoms with Gasteiger partial charge in [0.1, 0.15) is 0 Å². The molecule has 0 bridgehead atoms. The van der Waals surface area contributed by atoms with E-state index in [4.69, 9.17) is 16.7 Å². The fourth-order valence-electron chi connectivity index (χ4n) is 2.44. The van der Waals surface area contributed by atoms with E-state index in [1.54, 1.807) is 0 Å². The Hall–Kier alpha value is -0.570. The molecule has 3 heteroatoms. The summed E-state index contributed by atoms with van der Waals surface area (Å²) in [6, 6.07) is 6.20. The number of benzene rings is 1. The highest BCUT2D eigenvalue weighted by atomic mass is 35.5. The third kappa shape index (κ3) is 3.44. The Labute approximate surface area is 108 Å². The summed E-state index contributed by atoms with van der Waals surface area (Å²) in [7, 11) is 0. The number of hydrogen-bond acceptors (Lipinski definition) is 2. The van der Waals surface area contributed by atoms with Crippen molar-refractivity contribution in [2.24, 2.45) is 0 Å². The molecule has 1 heterocycles. The molecule has 17 heavy (non-hydrogen) atoms. The van der Waals surface area contributed by atoms with Gasteiger partial charge in [0.05, 0.1) is 0 Å². The van der Waals surface area contributed by atoms with Crippen molar-refractivity contribution in [2.45, 2.75) is 32.2 Å². The minimum Gasteiger partial charge on any atom is -0.396 e. The Kier molecular flexibility index (Phi) is 4.84. The molecule has 1 aliphatic heterocycles. The van der Waals surface area contributed by atoms with Crippen molar-refractivity contribution in [3.8, 4) is 0 Å². The van der Waals surface area contributed by atoms with Crippen LogP contribution in [-0.2, 0) is 13.0 Å². The van der Waals surface area contributed by atoms with Gasteiger partial charge in [0.15, 0.2) is 0 Å². The maximum absolute atomic E-state index is 8.74. The Bertz CT molecular complexity index is 367. The van der Waals surface area contributed by atoms with E-state index in [0.717, 1.165) is 43.9 Å². The lowest BCUT2D eigenvalue weighted by Crippen LogP contribution is -2.31. The lowest BCUT2D eigenvalue weighted by atomic mass is 9.99. The highest BCUT2D eigenvalue weighted by molar-refractivity contribution is 6.31. The molecule has 0 radical (unpaired) electrons. The van der Waals surface area contributed by atoms with E-state index in [9.17, 15) is 0 Å². The molecule has 0 aliphatic carbocycles. The predicted octanol–water partition coefficient (Wildman–Crippen LogP) is 2.86. The van der Waals surface area contributed by atoms with Gasteiger partial charge in [0, 0.05) is 24.7 Å². The van der Waals surface area contributed by atoms with Gasteiger partial charge in [-0.3, -0.25) is 4.90 Å². The third-order valence-electron chi connectivity index (χ3n) is 3.42. The van der Waals surface area contributed by atoms with E-state index >= 15 is 0 Å². The second-order valence-corrected chi connectivity index (χ2v) is 5.10. The van der Waals surface area contributed by atoms with Gasteiger partial charge in [-0.1, -0.05) is 23.7 Å². The van der Waals surface area contributed by atoms with E-state index in [1.807, 2.05) is 12.1 Å². The van der Waals surface area contributed by atoms with Crippen LogP contribution in [0.25, 0.3) is 0 Å². The van der Waals surface area contributed by atoms with Crippen LogP contribution >= 0.6 is 11.6 Å². The van der Waals surface area contributed by atoms with Crippen molar-refractivity contribution in [1.29, 1.82) is 0 Å². The summed E-state index contributed by atoms with van der Waals surface area (Å²) < 4.78 is 0. The largest absolute Gasteiger partial charge is 0.396 e. The fraction of sp³-hybridized carbons (Fsp3) is 0.571. The minimum atomic E-state index is 0.318. The molecule has 0 fully saturated rings. The second kappa shape index (κ2) is 6.39. The summed E-state index contributed by atoms with van der Waals surface area (Å²) in [6.07, 6.45) is 4.29. The van der Waals surface area contributed by atoms with E-state index < -0.39 is 0 Å². The zero-order valence-corrected chi connectivity index (χ0v) is 10.9. The van der Waals surface area contributed by atoms with Crippen molar-refractivity contribution in [2.75, 3.05) is 19.7 Å². The lowest BCUT2D eigenvalue weighted by Gasteiger charge is -2.29. The Balaban J connectivity index is 1.86. The summed E-state index contributed by atoms with van der Waals surface area (Å²) in [5.74, 6) is 0. The fourth-order valence-corrected chi connectivity index (χ4v) is 2.72. The normalized spacial score (nSPS) is 15.9. The van der Waals surface area contributed by atoms with Gasteiger partial charge in [-0.15, -0.1) is 0 Å². The van der Waals surface area contributed by atoms with Gasteiger partial charge >= 0.3 is 0 Å². The molecule has 0 atom stereocenters. The molecule has 1 aromatic rings. The summed E-state index contributed by atoms with van der Waals surface area (Å²) in [4.78, 5) is 2.48. The summed E-state index contributed by atoms with van der Waals surface area (Å²) >= 11 is 6.19. The Morgan fingerprint density at radius 1 is 1.24 bits per heavy atom. The standard InChI is InChI=1S/C14H20ClNO/c15-14-6-4-5-12-11-16(9-7-13(12)14)8-2-1-3-10-17/h4-6,17H,1-3,7-11H2. The van der Waals surface area contributed by atoms with Crippen molar-refractivity contribution >= 4 is 11.6 Å². The molecule has 0 amide bonds. The first-order valence-electron chi connectivity index (χ1n) is 6.41. The van der Waals surface area contributed by atoms with Gasteiger partial charge in [0.25, 0.3) is 0 Å². The highest BCUT2D eigenvalue weighted by Crippen LogP contribution is 2.25. The van der Waals surface area contributed by atoms with Crippen LogP contribution in [0, 0.1) is 0 Å². The molecule has 0 unspecified atom stereocenters. The average Bonchev–Trinajstić information content (AvgIpc) is 2.35. The number of aliphatic hydroxyl groups is 1. The van der Waals surface area contributed by atoms with Crippen LogP contribution in [0.4, 0.5) is 0 Å². The van der Waals surface area contributed by atoms with Crippen molar-refractivity contribution < 1.29 is 5.11 Å². The first-order chi connectivity index (χ1) is 8.31. The maximum Gasteiger partial charge on any atom is 0.0441 e. The zero-order valence-electron chi connectivity index (χ0n) is 10.2. The maximum atomic E-state index is 8.74. The Morgan fingerprint density at radius 2 is 2.12 bits per heavy atom. The number of halogens is 1. The topological polar surface area (TPSA) is 23.5 Å². The SMILES string of the molecule is OCCCCCN1CCc2c(Cl)cccc2C1. The monoisotopic (exact) mass is 253 g/mol. The van der Waals surface area contributed by atoms with Crippen LogP contribution < -0.4 is 0 Å².